The summed E-state index contributed by atoms with van der Waals surface area (Å²) in [5.74, 6) is 1.21. The first-order chi connectivity index (χ1) is 14.0. The van der Waals surface area contributed by atoms with Gasteiger partial charge in [-0.2, -0.15) is 0 Å². The van der Waals surface area contributed by atoms with E-state index in [-0.39, 0.29) is 0 Å². The number of hydrazine groups is 1. The second kappa shape index (κ2) is 10.8. The molecule has 2 N–H and O–H groups in total. The van der Waals surface area contributed by atoms with E-state index < -0.39 is 17.9 Å². The molecule has 2 aromatic rings. The van der Waals surface area contributed by atoms with Gasteiger partial charge in [0.25, 0.3) is 11.8 Å². The van der Waals surface area contributed by atoms with E-state index in [0.717, 1.165) is 5.75 Å². The van der Waals surface area contributed by atoms with E-state index in [4.69, 9.17) is 18.9 Å². The van der Waals surface area contributed by atoms with Gasteiger partial charge in [0.2, 0.25) is 0 Å². The number of hydrogen-bond acceptors (Lipinski definition) is 6. The van der Waals surface area contributed by atoms with Crippen LogP contribution in [0.2, 0.25) is 0 Å². The maximum Gasteiger partial charge on any atom is 0.279 e. The molecule has 2 amide bonds. The zero-order valence-corrected chi connectivity index (χ0v) is 17.0. The summed E-state index contributed by atoms with van der Waals surface area (Å²) in [6.07, 6.45) is -0.817. The molecule has 0 bridgehead atoms. The largest absolute Gasteiger partial charge is 0.494 e. The lowest BCUT2D eigenvalue weighted by molar-refractivity contribution is -0.128. The Morgan fingerprint density at radius 2 is 1.55 bits per heavy atom. The van der Waals surface area contributed by atoms with Gasteiger partial charge in [-0.25, -0.2) is 0 Å². The Morgan fingerprint density at radius 1 is 0.897 bits per heavy atom. The summed E-state index contributed by atoms with van der Waals surface area (Å²) >= 11 is 0. The Morgan fingerprint density at radius 3 is 2.17 bits per heavy atom. The third kappa shape index (κ3) is 6.31. The molecule has 8 heteroatoms. The van der Waals surface area contributed by atoms with Crippen molar-refractivity contribution in [2.24, 2.45) is 0 Å². The predicted molar refractivity (Wildman–Crippen MR) is 107 cm³/mol. The minimum absolute atomic E-state index is 0.311. The first-order valence-electron chi connectivity index (χ1n) is 9.29. The van der Waals surface area contributed by atoms with E-state index in [2.05, 4.69) is 10.9 Å². The van der Waals surface area contributed by atoms with Crippen LogP contribution in [-0.4, -0.2) is 38.2 Å². The van der Waals surface area contributed by atoms with Crippen molar-refractivity contribution in [3.8, 4) is 23.0 Å². The van der Waals surface area contributed by atoms with Crippen molar-refractivity contribution in [1.82, 2.24) is 10.9 Å². The van der Waals surface area contributed by atoms with E-state index in [1.165, 1.54) is 13.2 Å². The van der Waals surface area contributed by atoms with Gasteiger partial charge in [-0.3, -0.25) is 20.4 Å². The van der Waals surface area contributed by atoms with Crippen molar-refractivity contribution >= 4 is 11.8 Å². The summed E-state index contributed by atoms with van der Waals surface area (Å²) < 4.78 is 21.6. The molecule has 156 valence electrons. The molecule has 1 unspecified atom stereocenters. The molecule has 0 saturated heterocycles. The third-order valence-corrected chi connectivity index (χ3v) is 3.84. The first-order valence-corrected chi connectivity index (χ1v) is 9.29. The lowest BCUT2D eigenvalue weighted by Gasteiger charge is -2.16. The fourth-order valence-corrected chi connectivity index (χ4v) is 2.41. The maximum atomic E-state index is 12.3. The van der Waals surface area contributed by atoms with Gasteiger partial charge in [-0.1, -0.05) is 0 Å². The highest BCUT2D eigenvalue weighted by Gasteiger charge is 2.17. The molecule has 0 radical (unpaired) electrons. The molecular formula is C21H26N2O6. The zero-order valence-electron chi connectivity index (χ0n) is 17.0. The van der Waals surface area contributed by atoms with Crippen LogP contribution >= 0.6 is 0 Å². The Hall–Kier alpha value is -3.42. The third-order valence-electron chi connectivity index (χ3n) is 3.84. The fourth-order valence-electron chi connectivity index (χ4n) is 2.41. The van der Waals surface area contributed by atoms with Crippen molar-refractivity contribution in [1.29, 1.82) is 0 Å². The molecule has 2 rings (SSSR count). The van der Waals surface area contributed by atoms with E-state index >= 15 is 0 Å². The lowest BCUT2D eigenvalue weighted by Crippen LogP contribution is -2.47. The monoisotopic (exact) mass is 402 g/mol. The van der Waals surface area contributed by atoms with Crippen LogP contribution in [0.15, 0.2) is 42.5 Å². The Labute approximate surface area is 170 Å². The fraction of sp³-hybridized carbons (Fsp3) is 0.333. The molecule has 0 fully saturated rings. The number of carbonyl (C=O) groups excluding carboxylic acids is 2. The lowest BCUT2D eigenvalue weighted by atomic mass is 10.2. The highest BCUT2D eigenvalue weighted by molar-refractivity contribution is 5.96. The van der Waals surface area contributed by atoms with Crippen molar-refractivity contribution < 1.29 is 28.5 Å². The molecule has 0 saturated carbocycles. The van der Waals surface area contributed by atoms with Gasteiger partial charge in [0.1, 0.15) is 11.5 Å². The smallest absolute Gasteiger partial charge is 0.279 e. The van der Waals surface area contributed by atoms with E-state index in [0.29, 0.717) is 36.0 Å². The highest BCUT2D eigenvalue weighted by atomic mass is 16.5. The number of carbonyl (C=O) groups is 2. The van der Waals surface area contributed by atoms with Crippen molar-refractivity contribution in [3.05, 3.63) is 48.0 Å². The number of methoxy groups -OCH3 is 1. The second-order valence-electron chi connectivity index (χ2n) is 5.91. The minimum Gasteiger partial charge on any atom is -0.494 e. The molecule has 0 heterocycles. The number of nitrogens with one attached hydrogen (secondary N) is 2. The summed E-state index contributed by atoms with van der Waals surface area (Å²) in [6.45, 7) is 6.38. The van der Waals surface area contributed by atoms with Gasteiger partial charge in [0.15, 0.2) is 17.6 Å². The average molecular weight is 402 g/mol. The van der Waals surface area contributed by atoms with Crippen LogP contribution in [0.5, 0.6) is 23.0 Å². The van der Waals surface area contributed by atoms with Gasteiger partial charge in [-0.05, 0) is 63.2 Å². The summed E-state index contributed by atoms with van der Waals surface area (Å²) in [6, 6.07) is 11.7. The van der Waals surface area contributed by atoms with Gasteiger partial charge >= 0.3 is 0 Å². The molecule has 8 nitrogen and oxygen atoms in total. The van der Waals surface area contributed by atoms with Crippen LogP contribution in [0, 0.1) is 0 Å². The van der Waals surface area contributed by atoms with Crippen molar-refractivity contribution in [2.75, 3.05) is 20.3 Å². The average Bonchev–Trinajstić information content (AvgIpc) is 2.73. The number of hydrogen-bond donors (Lipinski definition) is 2. The summed E-state index contributed by atoms with van der Waals surface area (Å²) in [4.78, 5) is 24.5. The van der Waals surface area contributed by atoms with E-state index in [9.17, 15) is 9.59 Å². The van der Waals surface area contributed by atoms with Gasteiger partial charge in [0.05, 0.1) is 20.3 Å². The number of ether oxygens (including phenoxy) is 4. The molecule has 0 aliphatic carbocycles. The van der Waals surface area contributed by atoms with Crippen LogP contribution in [0.25, 0.3) is 0 Å². The SMILES string of the molecule is CCOc1ccc(OC(C)C(=O)NNC(=O)c2ccc(OCC)c(OC)c2)cc1. The summed E-state index contributed by atoms with van der Waals surface area (Å²) in [7, 11) is 1.49. The second-order valence-corrected chi connectivity index (χ2v) is 5.91. The number of benzene rings is 2. The quantitative estimate of drug-likeness (QED) is 0.627. The van der Waals surface area contributed by atoms with Gasteiger partial charge < -0.3 is 18.9 Å². The van der Waals surface area contributed by atoms with Crippen LogP contribution < -0.4 is 29.8 Å². The molecule has 29 heavy (non-hydrogen) atoms. The van der Waals surface area contributed by atoms with Crippen molar-refractivity contribution in [3.63, 3.8) is 0 Å². The molecule has 1 atom stereocenters. The number of amides is 2. The molecule has 0 aliphatic rings. The Bertz CT molecular complexity index is 822. The van der Waals surface area contributed by atoms with Crippen LogP contribution in [-0.2, 0) is 4.79 Å². The van der Waals surface area contributed by atoms with Gasteiger partial charge in [-0.15, -0.1) is 0 Å². The highest BCUT2D eigenvalue weighted by Crippen LogP contribution is 2.27. The van der Waals surface area contributed by atoms with Crippen LogP contribution in [0.1, 0.15) is 31.1 Å². The van der Waals surface area contributed by atoms with Crippen molar-refractivity contribution in [2.45, 2.75) is 26.9 Å². The first kappa shape index (κ1) is 21.9. The number of rotatable bonds is 9. The normalized spacial score (nSPS) is 11.2. The molecular weight excluding hydrogens is 376 g/mol. The summed E-state index contributed by atoms with van der Waals surface area (Å²) in [5, 5.41) is 0. The zero-order chi connectivity index (χ0) is 21.2. The molecule has 0 aliphatic heterocycles. The molecule has 0 aromatic heterocycles. The minimum atomic E-state index is -0.817. The predicted octanol–water partition coefficient (Wildman–Crippen LogP) is 2.72. The Balaban J connectivity index is 1.89. The standard InChI is InChI=1S/C21H26N2O6/c1-5-27-16-8-10-17(11-9-16)29-14(3)20(24)22-23-21(25)15-7-12-18(28-6-2)19(13-15)26-4/h7-14H,5-6H2,1-4H3,(H,22,24)(H,23,25). The molecule has 2 aromatic carbocycles. The van der Waals surface area contributed by atoms with Gasteiger partial charge in [0, 0.05) is 5.56 Å². The topological polar surface area (TPSA) is 95.1 Å². The molecule has 0 spiro atoms. The maximum absolute atomic E-state index is 12.3. The van der Waals surface area contributed by atoms with Crippen LogP contribution in [0.4, 0.5) is 0 Å². The van der Waals surface area contributed by atoms with E-state index in [1.54, 1.807) is 43.3 Å². The van der Waals surface area contributed by atoms with E-state index in [1.807, 2.05) is 13.8 Å². The summed E-state index contributed by atoms with van der Waals surface area (Å²) in [5.41, 5.74) is 5.02. The van der Waals surface area contributed by atoms with Crippen LogP contribution in [0.3, 0.4) is 0 Å². The Kier molecular flexibility index (Phi) is 8.14.